The van der Waals surface area contributed by atoms with E-state index in [0.717, 1.165) is 5.69 Å². The molecule has 0 heterocycles. The molecule has 1 nitrogen and oxygen atoms in total. The summed E-state index contributed by atoms with van der Waals surface area (Å²) in [7, 11) is 5.56. The molecule has 0 atom stereocenters. The molecule has 44 valence electrons. The third kappa shape index (κ3) is 2.66. The first kappa shape index (κ1) is 7.52. The van der Waals surface area contributed by atoms with Gasteiger partial charge in [-0.05, 0) is 0 Å². The Hall–Kier alpha value is 0.414. The summed E-state index contributed by atoms with van der Waals surface area (Å²) in [5, 5.41) is 0. The van der Waals surface area contributed by atoms with E-state index >= 15 is 0 Å². The van der Waals surface area contributed by atoms with Gasteiger partial charge in [-0.25, -0.2) is 0 Å². The van der Waals surface area contributed by atoms with Gasteiger partial charge in [0.15, 0.2) is 0 Å². The molecule has 1 aromatic carbocycles. The Morgan fingerprint density at radius 1 is 1.22 bits per heavy atom. The number of rotatable bonds is 1. The van der Waals surface area contributed by atoms with E-state index in [2.05, 4.69) is 2.05 Å². The first-order valence-corrected chi connectivity index (χ1v) is 7.53. The van der Waals surface area contributed by atoms with Gasteiger partial charge in [-0.3, -0.25) is 0 Å². The summed E-state index contributed by atoms with van der Waals surface area (Å²) >= 11 is -1.06. The quantitative estimate of drug-likeness (QED) is 0.683. The van der Waals surface area contributed by atoms with Crippen LogP contribution in [-0.4, -0.2) is 0 Å². The first-order valence-electron chi connectivity index (χ1n) is 2.61. The zero-order valence-electron chi connectivity index (χ0n) is 4.79. The van der Waals surface area contributed by atoms with E-state index in [4.69, 9.17) is 7.33 Å². The zero-order valence-corrected chi connectivity index (χ0v) is 8.38. The molecule has 0 saturated carbocycles. The van der Waals surface area contributed by atoms with Gasteiger partial charge in [0.05, 0.1) is 0 Å². The molecule has 0 amide bonds. The fraction of sp³-hybridized carbons (Fsp3) is 0. The minimum absolute atomic E-state index is 1.02. The van der Waals surface area contributed by atoms with Crippen molar-refractivity contribution in [3.63, 3.8) is 0 Å². The maximum absolute atomic E-state index is 5.56. The van der Waals surface area contributed by atoms with E-state index in [9.17, 15) is 0 Å². The van der Waals surface area contributed by atoms with E-state index in [1.165, 1.54) is 0 Å². The molecular weight excluding hydrogens is 210 g/mol. The third-order valence-corrected chi connectivity index (χ3v) is 2.50. The SMILES string of the molecule is [Cl][Y]=[N]c1ccccc1. The van der Waals surface area contributed by atoms with Crippen molar-refractivity contribution >= 4 is 13.0 Å². The van der Waals surface area contributed by atoms with Crippen LogP contribution in [0.1, 0.15) is 0 Å². The summed E-state index contributed by atoms with van der Waals surface area (Å²) in [5.41, 5.74) is 1.02. The van der Waals surface area contributed by atoms with Gasteiger partial charge in [-0.1, -0.05) is 0 Å². The summed E-state index contributed by atoms with van der Waals surface area (Å²) in [6.45, 7) is 0. The van der Waals surface area contributed by atoms with Crippen LogP contribution in [0.3, 0.4) is 0 Å². The first-order chi connectivity index (χ1) is 4.43. The Bertz CT molecular complexity index is 197. The molecule has 0 bridgehead atoms. The van der Waals surface area contributed by atoms with Crippen LogP contribution in [0.15, 0.2) is 32.4 Å². The second-order valence-electron chi connectivity index (χ2n) is 1.56. The maximum atomic E-state index is 5.56. The van der Waals surface area contributed by atoms with Crippen molar-refractivity contribution in [2.24, 2.45) is 2.05 Å². The van der Waals surface area contributed by atoms with Crippen LogP contribution >= 0.6 is 7.33 Å². The van der Waals surface area contributed by atoms with E-state index in [0.29, 0.717) is 0 Å². The van der Waals surface area contributed by atoms with Gasteiger partial charge in [-0.15, -0.1) is 0 Å². The van der Waals surface area contributed by atoms with Gasteiger partial charge in [0.25, 0.3) is 0 Å². The molecule has 1 rings (SSSR count). The summed E-state index contributed by atoms with van der Waals surface area (Å²) in [5.74, 6) is 0. The summed E-state index contributed by atoms with van der Waals surface area (Å²) in [6.07, 6.45) is 0. The van der Waals surface area contributed by atoms with Crippen LogP contribution in [0, 0.1) is 0 Å². The van der Waals surface area contributed by atoms with Gasteiger partial charge in [0.1, 0.15) is 0 Å². The molecule has 0 radical (unpaired) electrons. The second-order valence-corrected chi connectivity index (χ2v) is 3.83. The van der Waals surface area contributed by atoms with E-state index in [1.54, 1.807) is 0 Å². The van der Waals surface area contributed by atoms with Gasteiger partial charge < -0.3 is 0 Å². The van der Waals surface area contributed by atoms with Crippen LogP contribution in [-0.2, 0) is 27.7 Å². The monoisotopic (exact) mass is 215 g/mol. The molecule has 0 aliphatic heterocycles. The van der Waals surface area contributed by atoms with E-state index < -0.39 is 27.7 Å². The normalized spacial score (nSPS) is 9.44. The molecule has 0 aromatic heterocycles. The Morgan fingerprint density at radius 2 is 1.89 bits per heavy atom. The standard InChI is InChI=1S/C6H5N.ClH.Y/c7-6-4-2-1-3-5-6;;/h1-5H;1H;/q;;+1/p-1. The predicted octanol–water partition coefficient (Wildman–Crippen LogP) is 2.74. The number of halogens is 1. The topological polar surface area (TPSA) is 12.4 Å². The molecule has 0 saturated heterocycles. The van der Waals surface area contributed by atoms with Crippen molar-refractivity contribution in [1.82, 2.24) is 0 Å². The average molecular weight is 215 g/mol. The number of nitrogens with zero attached hydrogens (tertiary/aromatic N) is 1. The fourth-order valence-electron chi connectivity index (χ4n) is 0.570. The van der Waals surface area contributed by atoms with Crippen LogP contribution in [0.2, 0.25) is 0 Å². The molecule has 0 N–H and O–H groups in total. The van der Waals surface area contributed by atoms with Crippen LogP contribution in [0.25, 0.3) is 0 Å². The number of benzene rings is 1. The Morgan fingerprint density at radius 3 is 2.44 bits per heavy atom. The van der Waals surface area contributed by atoms with Crippen molar-refractivity contribution in [2.75, 3.05) is 0 Å². The van der Waals surface area contributed by atoms with Gasteiger partial charge in [-0.2, -0.15) is 0 Å². The predicted molar refractivity (Wildman–Crippen MR) is 34.4 cm³/mol. The van der Waals surface area contributed by atoms with Crippen LogP contribution < -0.4 is 0 Å². The van der Waals surface area contributed by atoms with Crippen molar-refractivity contribution in [3.8, 4) is 0 Å². The Labute approximate surface area is 72.5 Å². The molecule has 0 unspecified atom stereocenters. The second kappa shape index (κ2) is 4.26. The molecule has 0 spiro atoms. The molecule has 3 heteroatoms. The molecular formula is C6H5ClNY. The molecule has 0 aliphatic carbocycles. The zero-order chi connectivity index (χ0) is 6.53. The van der Waals surface area contributed by atoms with Crippen molar-refractivity contribution in [3.05, 3.63) is 30.3 Å². The summed E-state index contributed by atoms with van der Waals surface area (Å²) < 4.78 is 4.16. The fourth-order valence-corrected chi connectivity index (χ4v) is 1.94. The summed E-state index contributed by atoms with van der Waals surface area (Å²) in [4.78, 5) is 0. The van der Waals surface area contributed by atoms with Gasteiger partial charge in [0.2, 0.25) is 0 Å². The van der Waals surface area contributed by atoms with Crippen molar-refractivity contribution in [2.45, 2.75) is 0 Å². The van der Waals surface area contributed by atoms with Crippen LogP contribution in [0.4, 0.5) is 5.69 Å². The minimum atomic E-state index is -1.06. The molecule has 1 aromatic rings. The van der Waals surface area contributed by atoms with E-state index in [1.807, 2.05) is 30.3 Å². The van der Waals surface area contributed by atoms with Crippen LogP contribution in [0.5, 0.6) is 0 Å². The Balaban J connectivity index is 2.85. The number of hydrogen-bond donors (Lipinski definition) is 0. The Kier molecular flexibility index (Phi) is 3.56. The van der Waals surface area contributed by atoms with E-state index in [-0.39, 0.29) is 0 Å². The van der Waals surface area contributed by atoms with Crippen molar-refractivity contribution in [1.29, 1.82) is 0 Å². The third-order valence-electron chi connectivity index (χ3n) is 0.954. The molecule has 9 heavy (non-hydrogen) atoms. The summed E-state index contributed by atoms with van der Waals surface area (Å²) in [6, 6.07) is 9.84. The average Bonchev–Trinajstić information content (AvgIpc) is 1.91. The van der Waals surface area contributed by atoms with Gasteiger partial charge in [0, 0.05) is 0 Å². The molecule has 0 aliphatic rings. The van der Waals surface area contributed by atoms with Crippen molar-refractivity contribution < 1.29 is 27.7 Å². The number of hydrogen-bond acceptors (Lipinski definition) is 1. The van der Waals surface area contributed by atoms with Gasteiger partial charge >= 0.3 is 73.1 Å². The molecule has 0 fully saturated rings.